The van der Waals surface area contributed by atoms with E-state index in [1.54, 1.807) is 42.9 Å². The predicted molar refractivity (Wildman–Crippen MR) is 109 cm³/mol. The summed E-state index contributed by atoms with van der Waals surface area (Å²) >= 11 is 1.62. The molecule has 31 heavy (non-hydrogen) atoms. The Morgan fingerprint density at radius 3 is 2.06 bits per heavy atom. The van der Waals surface area contributed by atoms with Crippen LogP contribution in [0.4, 0.5) is 23.7 Å². The highest BCUT2D eigenvalue weighted by atomic mass is 32.2. The van der Waals surface area contributed by atoms with Crippen molar-refractivity contribution in [1.29, 1.82) is 0 Å². The SMILES string of the molecule is CSc1ccc(N2C(=O)N(Cc3ccncc3)C(C)(C)C2=O)cc1.O=C(O)C(F)(F)F. The molecule has 1 aliphatic heterocycles. The summed E-state index contributed by atoms with van der Waals surface area (Å²) in [6.45, 7) is 3.94. The van der Waals surface area contributed by atoms with Crippen molar-refractivity contribution in [3.8, 4) is 0 Å². The molecule has 3 rings (SSSR count). The lowest BCUT2D eigenvalue weighted by Gasteiger charge is -2.27. The number of pyridine rings is 1. The molecule has 1 saturated heterocycles. The summed E-state index contributed by atoms with van der Waals surface area (Å²) in [5.41, 5.74) is 0.658. The lowest BCUT2D eigenvalue weighted by atomic mass is 10.0. The zero-order valence-corrected chi connectivity index (χ0v) is 17.7. The van der Waals surface area contributed by atoms with Crippen LogP contribution in [0, 0.1) is 0 Å². The number of alkyl halides is 3. The fourth-order valence-corrected chi connectivity index (χ4v) is 3.14. The highest BCUT2D eigenvalue weighted by Gasteiger charge is 2.51. The number of amides is 3. The monoisotopic (exact) mass is 455 g/mol. The standard InChI is InChI=1S/C18H19N3O2S.C2HF3O2/c1-18(2)16(22)21(14-4-6-15(24-3)7-5-14)17(23)20(18)12-13-8-10-19-11-9-13;3-2(4,5)1(6)7/h4-11H,12H2,1-3H3;(H,6,7). The van der Waals surface area contributed by atoms with Gasteiger partial charge in [-0.25, -0.2) is 14.5 Å². The molecule has 2 aromatic rings. The number of halogens is 3. The minimum Gasteiger partial charge on any atom is -0.475 e. The number of anilines is 1. The Balaban J connectivity index is 0.000000423. The molecule has 0 saturated carbocycles. The van der Waals surface area contributed by atoms with Gasteiger partial charge < -0.3 is 10.0 Å². The third-order valence-corrected chi connectivity index (χ3v) is 5.23. The summed E-state index contributed by atoms with van der Waals surface area (Å²) in [7, 11) is 0. The minimum absolute atomic E-state index is 0.210. The number of carboxylic acid groups (broad SMARTS) is 1. The van der Waals surface area contributed by atoms with Crippen LogP contribution in [0.25, 0.3) is 0 Å². The number of hydrogen-bond donors (Lipinski definition) is 1. The predicted octanol–water partition coefficient (Wildman–Crippen LogP) is 4.18. The number of rotatable bonds is 4. The van der Waals surface area contributed by atoms with Crippen LogP contribution < -0.4 is 4.90 Å². The molecular weight excluding hydrogens is 435 g/mol. The van der Waals surface area contributed by atoms with Crippen LogP contribution in [0.3, 0.4) is 0 Å². The number of hydrogen-bond acceptors (Lipinski definition) is 5. The molecule has 0 atom stereocenters. The first-order valence-corrected chi connectivity index (χ1v) is 10.1. The van der Waals surface area contributed by atoms with Crippen molar-refractivity contribution in [1.82, 2.24) is 9.88 Å². The maximum atomic E-state index is 12.9. The number of carboxylic acids is 1. The number of nitrogens with zero attached hydrogens (tertiary/aromatic N) is 3. The van der Waals surface area contributed by atoms with Crippen LogP contribution >= 0.6 is 11.8 Å². The van der Waals surface area contributed by atoms with Gasteiger partial charge in [-0.15, -0.1) is 11.8 Å². The number of aliphatic carboxylic acids is 1. The lowest BCUT2D eigenvalue weighted by Crippen LogP contribution is -2.43. The molecule has 11 heteroatoms. The van der Waals surface area contributed by atoms with Gasteiger partial charge in [0.2, 0.25) is 0 Å². The molecule has 1 aromatic carbocycles. The summed E-state index contributed by atoms with van der Waals surface area (Å²) < 4.78 is 31.7. The molecule has 0 unspecified atom stereocenters. The first kappa shape index (κ1) is 24.2. The zero-order chi connectivity index (χ0) is 23.4. The maximum absolute atomic E-state index is 12.9. The summed E-state index contributed by atoms with van der Waals surface area (Å²) in [5, 5.41) is 7.12. The van der Waals surface area contributed by atoms with E-state index in [9.17, 15) is 22.8 Å². The van der Waals surface area contributed by atoms with E-state index in [4.69, 9.17) is 9.90 Å². The molecule has 1 N–H and O–H groups in total. The van der Waals surface area contributed by atoms with Gasteiger partial charge in [0.05, 0.1) is 5.69 Å². The number of aromatic nitrogens is 1. The Bertz CT molecular complexity index is 950. The quantitative estimate of drug-likeness (QED) is 0.549. The Hall–Kier alpha value is -3.08. The van der Waals surface area contributed by atoms with Gasteiger partial charge in [0.15, 0.2) is 0 Å². The summed E-state index contributed by atoms with van der Waals surface area (Å²) in [6.07, 6.45) is 0.272. The van der Waals surface area contributed by atoms with Crippen LogP contribution in [0.1, 0.15) is 19.4 Å². The highest BCUT2D eigenvalue weighted by molar-refractivity contribution is 7.98. The number of urea groups is 1. The average molecular weight is 455 g/mol. The van der Waals surface area contributed by atoms with Gasteiger partial charge in [0.1, 0.15) is 5.54 Å². The molecule has 7 nitrogen and oxygen atoms in total. The van der Waals surface area contributed by atoms with Gasteiger partial charge >= 0.3 is 18.2 Å². The van der Waals surface area contributed by atoms with Crippen molar-refractivity contribution >= 4 is 35.4 Å². The van der Waals surface area contributed by atoms with Gasteiger partial charge in [-0.3, -0.25) is 9.78 Å². The highest BCUT2D eigenvalue weighted by Crippen LogP contribution is 2.33. The smallest absolute Gasteiger partial charge is 0.475 e. The van der Waals surface area contributed by atoms with Gasteiger partial charge in [-0.2, -0.15) is 13.2 Å². The van der Waals surface area contributed by atoms with Crippen molar-refractivity contribution in [2.45, 2.75) is 37.0 Å². The molecule has 0 aliphatic carbocycles. The van der Waals surface area contributed by atoms with Gasteiger partial charge in [-0.05, 0) is 62.1 Å². The third-order valence-electron chi connectivity index (χ3n) is 4.49. The Labute approximate surface area is 180 Å². The molecule has 1 aliphatic rings. The average Bonchev–Trinajstić information content (AvgIpc) is 2.88. The maximum Gasteiger partial charge on any atom is 0.490 e. The van der Waals surface area contributed by atoms with E-state index in [2.05, 4.69) is 4.98 Å². The first-order valence-electron chi connectivity index (χ1n) is 8.88. The van der Waals surface area contributed by atoms with Gasteiger partial charge in [0, 0.05) is 23.8 Å². The number of carbonyl (C=O) groups is 3. The van der Waals surface area contributed by atoms with Crippen molar-refractivity contribution in [3.05, 3.63) is 54.4 Å². The molecule has 1 fully saturated rings. The second kappa shape index (κ2) is 9.38. The second-order valence-electron chi connectivity index (χ2n) is 6.92. The van der Waals surface area contributed by atoms with E-state index in [1.807, 2.05) is 42.7 Å². The Kier molecular flexibility index (Phi) is 7.32. The van der Waals surface area contributed by atoms with Crippen molar-refractivity contribution in [2.75, 3.05) is 11.2 Å². The van der Waals surface area contributed by atoms with Gasteiger partial charge in [-0.1, -0.05) is 0 Å². The molecule has 0 bridgehead atoms. The van der Waals surface area contributed by atoms with Crippen molar-refractivity contribution < 1.29 is 32.7 Å². The molecule has 2 heterocycles. The number of benzene rings is 1. The fourth-order valence-electron chi connectivity index (χ4n) is 2.73. The van der Waals surface area contributed by atoms with E-state index in [-0.39, 0.29) is 11.9 Å². The van der Waals surface area contributed by atoms with E-state index >= 15 is 0 Å². The largest absolute Gasteiger partial charge is 0.490 e. The van der Waals surface area contributed by atoms with Crippen molar-refractivity contribution in [2.24, 2.45) is 0 Å². The molecule has 0 radical (unpaired) electrons. The van der Waals surface area contributed by atoms with Crippen LogP contribution in [0.15, 0.2) is 53.7 Å². The van der Waals surface area contributed by atoms with Crippen LogP contribution in [-0.2, 0) is 16.1 Å². The van der Waals surface area contributed by atoms with Crippen molar-refractivity contribution in [3.63, 3.8) is 0 Å². The number of carbonyl (C=O) groups excluding carboxylic acids is 2. The third kappa shape index (κ3) is 5.54. The summed E-state index contributed by atoms with van der Waals surface area (Å²) in [6, 6.07) is 10.9. The number of imide groups is 1. The Morgan fingerprint density at radius 1 is 1.10 bits per heavy atom. The minimum atomic E-state index is -5.08. The second-order valence-corrected chi connectivity index (χ2v) is 7.80. The van der Waals surface area contributed by atoms with Crippen LogP contribution in [-0.4, -0.2) is 50.9 Å². The fraction of sp³-hybridized carbons (Fsp3) is 0.300. The zero-order valence-electron chi connectivity index (χ0n) is 16.9. The molecule has 1 aromatic heterocycles. The normalized spacial score (nSPS) is 15.5. The molecule has 0 spiro atoms. The van der Waals surface area contributed by atoms with Crippen LogP contribution in [0.5, 0.6) is 0 Å². The topological polar surface area (TPSA) is 90.8 Å². The van der Waals surface area contributed by atoms with Gasteiger partial charge in [0.25, 0.3) is 5.91 Å². The summed E-state index contributed by atoms with van der Waals surface area (Å²) in [5.74, 6) is -2.97. The van der Waals surface area contributed by atoms with Crippen LogP contribution in [0.2, 0.25) is 0 Å². The first-order chi connectivity index (χ1) is 14.4. The van der Waals surface area contributed by atoms with E-state index in [0.29, 0.717) is 12.2 Å². The molecular formula is C20H20F3N3O4S. The van der Waals surface area contributed by atoms with E-state index in [0.717, 1.165) is 10.5 Å². The summed E-state index contributed by atoms with van der Waals surface area (Å²) in [4.78, 5) is 42.6. The molecule has 166 valence electrons. The Morgan fingerprint density at radius 2 is 1.61 bits per heavy atom. The molecule has 3 amide bonds. The van der Waals surface area contributed by atoms with E-state index in [1.165, 1.54) is 4.90 Å². The lowest BCUT2D eigenvalue weighted by molar-refractivity contribution is -0.192. The number of thioether (sulfide) groups is 1. The van der Waals surface area contributed by atoms with E-state index < -0.39 is 17.7 Å².